The second-order valence-corrected chi connectivity index (χ2v) is 7.16. The van der Waals surface area contributed by atoms with Gasteiger partial charge < -0.3 is 10.4 Å². The third kappa shape index (κ3) is 3.28. The number of thiophene rings is 1. The fourth-order valence-electron chi connectivity index (χ4n) is 2.66. The molecule has 1 aromatic heterocycles. The van der Waals surface area contributed by atoms with Crippen molar-refractivity contribution in [3.63, 3.8) is 0 Å². The first-order valence-electron chi connectivity index (χ1n) is 7.57. The van der Waals surface area contributed by atoms with Gasteiger partial charge in [-0.15, -0.1) is 11.3 Å². The summed E-state index contributed by atoms with van der Waals surface area (Å²) in [6.07, 6.45) is 4.79. The second-order valence-electron chi connectivity index (χ2n) is 6.02. The molecule has 116 valence electrons. The lowest BCUT2D eigenvalue weighted by Crippen LogP contribution is -2.51. The number of aliphatic carboxylic acids is 1. The van der Waals surface area contributed by atoms with E-state index in [-0.39, 0.29) is 5.91 Å². The SMILES string of the molecule is CCC1CCc2sc(C(=O)NC(C)(CC)C(=O)O)cc2C1. The van der Waals surface area contributed by atoms with Crippen molar-refractivity contribution in [2.24, 2.45) is 5.92 Å². The maximum Gasteiger partial charge on any atom is 0.329 e. The van der Waals surface area contributed by atoms with Crippen LogP contribution in [-0.2, 0) is 17.6 Å². The van der Waals surface area contributed by atoms with Gasteiger partial charge in [0.2, 0.25) is 0 Å². The van der Waals surface area contributed by atoms with E-state index in [0.717, 1.165) is 12.8 Å². The number of hydrogen-bond donors (Lipinski definition) is 2. The van der Waals surface area contributed by atoms with Crippen molar-refractivity contribution in [3.05, 3.63) is 21.4 Å². The van der Waals surface area contributed by atoms with Crippen LogP contribution in [0.4, 0.5) is 0 Å². The number of carboxylic acids is 1. The molecule has 4 nitrogen and oxygen atoms in total. The van der Waals surface area contributed by atoms with Gasteiger partial charge in [0.05, 0.1) is 4.88 Å². The molecule has 0 radical (unpaired) electrons. The average molecular weight is 309 g/mol. The van der Waals surface area contributed by atoms with Gasteiger partial charge in [-0.05, 0) is 50.2 Å². The maximum absolute atomic E-state index is 12.3. The van der Waals surface area contributed by atoms with Crippen molar-refractivity contribution in [3.8, 4) is 0 Å². The predicted octanol–water partition coefficient (Wildman–Crippen LogP) is 3.25. The summed E-state index contributed by atoms with van der Waals surface area (Å²) in [5.74, 6) is -0.553. The minimum Gasteiger partial charge on any atom is -0.480 e. The first kappa shape index (κ1) is 16.0. The number of nitrogens with one attached hydrogen (secondary N) is 1. The van der Waals surface area contributed by atoms with Crippen LogP contribution in [0.15, 0.2) is 6.07 Å². The molecule has 1 heterocycles. The molecule has 1 amide bonds. The Morgan fingerprint density at radius 3 is 2.76 bits per heavy atom. The number of aryl methyl sites for hydroxylation is 1. The Labute approximate surface area is 129 Å². The van der Waals surface area contributed by atoms with E-state index in [1.54, 1.807) is 13.8 Å². The summed E-state index contributed by atoms with van der Waals surface area (Å²) in [5, 5.41) is 11.9. The lowest BCUT2D eigenvalue weighted by molar-refractivity contribution is -0.143. The highest BCUT2D eigenvalue weighted by Gasteiger charge is 2.34. The molecule has 2 rings (SSSR count). The van der Waals surface area contributed by atoms with Crippen LogP contribution in [0.25, 0.3) is 0 Å². The highest BCUT2D eigenvalue weighted by molar-refractivity contribution is 7.14. The van der Waals surface area contributed by atoms with E-state index in [1.807, 2.05) is 6.07 Å². The van der Waals surface area contributed by atoms with Gasteiger partial charge in [-0.3, -0.25) is 4.79 Å². The molecule has 21 heavy (non-hydrogen) atoms. The van der Waals surface area contributed by atoms with Gasteiger partial charge in [0.15, 0.2) is 0 Å². The zero-order valence-corrected chi connectivity index (χ0v) is 13.7. The highest BCUT2D eigenvalue weighted by Crippen LogP contribution is 2.33. The van der Waals surface area contributed by atoms with Crippen LogP contribution in [0.1, 0.15) is 60.1 Å². The lowest BCUT2D eigenvalue weighted by Gasteiger charge is -2.24. The quantitative estimate of drug-likeness (QED) is 0.877. The molecule has 0 saturated heterocycles. The number of carbonyl (C=O) groups excluding carboxylic acids is 1. The Morgan fingerprint density at radius 1 is 1.48 bits per heavy atom. The van der Waals surface area contributed by atoms with Gasteiger partial charge in [0.25, 0.3) is 5.91 Å². The molecular weight excluding hydrogens is 286 g/mol. The van der Waals surface area contributed by atoms with E-state index < -0.39 is 11.5 Å². The van der Waals surface area contributed by atoms with Crippen molar-refractivity contribution in [2.45, 2.75) is 58.4 Å². The molecule has 0 aliphatic heterocycles. The maximum atomic E-state index is 12.3. The third-order valence-electron chi connectivity index (χ3n) is 4.55. The first-order valence-corrected chi connectivity index (χ1v) is 8.38. The van der Waals surface area contributed by atoms with E-state index in [0.29, 0.717) is 17.2 Å². The third-order valence-corrected chi connectivity index (χ3v) is 5.79. The van der Waals surface area contributed by atoms with Crippen LogP contribution in [-0.4, -0.2) is 22.5 Å². The van der Waals surface area contributed by atoms with E-state index in [4.69, 9.17) is 0 Å². The fourth-order valence-corrected chi connectivity index (χ4v) is 3.77. The number of carboxylic acid groups (broad SMARTS) is 1. The van der Waals surface area contributed by atoms with Gasteiger partial charge in [-0.2, -0.15) is 0 Å². The molecule has 5 heteroatoms. The number of amides is 1. The zero-order valence-electron chi connectivity index (χ0n) is 12.9. The molecule has 1 aromatic rings. The summed E-state index contributed by atoms with van der Waals surface area (Å²) in [6, 6.07) is 1.95. The number of hydrogen-bond acceptors (Lipinski definition) is 3. The summed E-state index contributed by atoms with van der Waals surface area (Å²) in [4.78, 5) is 25.5. The van der Waals surface area contributed by atoms with Crippen LogP contribution in [0, 0.1) is 5.92 Å². The van der Waals surface area contributed by atoms with Gasteiger partial charge in [0, 0.05) is 4.88 Å². The van der Waals surface area contributed by atoms with Crippen LogP contribution >= 0.6 is 11.3 Å². The minimum atomic E-state index is -1.20. The normalized spacial score (nSPS) is 20.4. The van der Waals surface area contributed by atoms with Crippen molar-refractivity contribution in [1.82, 2.24) is 5.32 Å². The van der Waals surface area contributed by atoms with E-state index in [2.05, 4.69) is 12.2 Å². The summed E-state index contributed by atoms with van der Waals surface area (Å²) < 4.78 is 0. The molecule has 2 atom stereocenters. The summed E-state index contributed by atoms with van der Waals surface area (Å²) in [5.41, 5.74) is 0.0739. The van der Waals surface area contributed by atoms with Gasteiger partial charge in [0.1, 0.15) is 5.54 Å². The number of fused-ring (bicyclic) bond motifs is 1. The summed E-state index contributed by atoms with van der Waals surface area (Å²) in [6.45, 7) is 5.52. The van der Waals surface area contributed by atoms with Crippen molar-refractivity contribution in [1.29, 1.82) is 0 Å². The molecule has 0 aromatic carbocycles. The molecule has 0 saturated carbocycles. The van der Waals surface area contributed by atoms with Gasteiger partial charge >= 0.3 is 5.97 Å². The highest BCUT2D eigenvalue weighted by atomic mass is 32.1. The molecule has 1 aliphatic carbocycles. The van der Waals surface area contributed by atoms with Crippen LogP contribution in [0.3, 0.4) is 0 Å². The van der Waals surface area contributed by atoms with Gasteiger partial charge in [-0.25, -0.2) is 4.79 Å². The predicted molar refractivity (Wildman–Crippen MR) is 83.9 cm³/mol. The van der Waals surface area contributed by atoms with Crippen LogP contribution < -0.4 is 5.32 Å². The summed E-state index contributed by atoms with van der Waals surface area (Å²) >= 11 is 1.51. The van der Waals surface area contributed by atoms with E-state index >= 15 is 0 Å². The van der Waals surface area contributed by atoms with Crippen molar-refractivity contribution in [2.75, 3.05) is 0 Å². The molecular formula is C16H23NO3S. The van der Waals surface area contributed by atoms with E-state index in [1.165, 1.54) is 34.6 Å². The van der Waals surface area contributed by atoms with E-state index in [9.17, 15) is 14.7 Å². The first-order chi connectivity index (χ1) is 9.89. The Hall–Kier alpha value is -1.36. The molecule has 2 N–H and O–H groups in total. The Bertz CT molecular complexity index is 552. The topological polar surface area (TPSA) is 66.4 Å². The van der Waals surface area contributed by atoms with Crippen LogP contribution in [0.2, 0.25) is 0 Å². The molecule has 0 fully saturated rings. The lowest BCUT2D eigenvalue weighted by atomic mass is 9.87. The smallest absolute Gasteiger partial charge is 0.329 e. The fraction of sp³-hybridized carbons (Fsp3) is 0.625. The van der Waals surface area contributed by atoms with Crippen molar-refractivity contribution < 1.29 is 14.7 Å². The van der Waals surface area contributed by atoms with Crippen molar-refractivity contribution >= 4 is 23.2 Å². The van der Waals surface area contributed by atoms with Gasteiger partial charge in [-0.1, -0.05) is 20.3 Å². The number of carbonyl (C=O) groups is 2. The standard InChI is InChI=1S/C16H23NO3S/c1-4-10-6-7-12-11(8-10)9-13(21-12)14(18)17-16(3,5-2)15(19)20/h9-10H,4-8H2,1-3H3,(H,17,18)(H,19,20). The zero-order chi connectivity index (χ0) is 15.6. The molecule has 0 bridgehead atoms. The Kier molecular flexibility index (Phi) is 4.71. The molecule has 1 aliphatic rings. The largest absolute Gasteiger partial charge is 0.480 e. The number of rotatable bonds is 5. The Morgan fingerprint density at radius 2 is 2.19 bits per heavy atom. The minimum absolute atomic E-state index is 0.269. The Balaban J connectivity index is 2.14. The van der Waals surface area contributed by atoms with Crippen LogP contribution in [0.5, 0.6) is 0 Å². The molecule has 2 unspecified atom stereocenters. The average Bonchev–Trinajstić information content (AvgIpc) is 2.89. The summed E-state index contributed by atoms with van der Waals surface area (Å²) in [7, 11) is 0. The monoisotopic (exact) mass is 309 g/mol. The molecule has 0 spiro atoms. The second kappa shape index (κ2) is 6.18.